The average Bonchev–Trinajstić information content (AvgIpc) is 2.19. The van der Waals surface area contributed by atoms with Gasteiger partial charge in [-0.25, -0.2) is 8.42 Å². The van der Waals surface area contributed by atoms with Crippen LogP contribution in [0, 0.1) is 0 Å². The molecule has 0 aromatic heterocycles. The number of methoxy groups -OCH3 is 1. The molecule has 0 amide bonds. The zero-order valence-corrected chi connectivity index (χ0v) is 10.6. The van der Waals surface area contributed by atoms with Crippen molar-refractivity contribution in [2.24, 2.45) is 0 Å². The fourth-order valence-electron chi connectivity index (χ4n) is 1.47. The van der Waals surface area contributed by atoms with E-state index in [0.29, 0.717) is 5.69 Å². The minimum absolute atomic E-state index is 0.630. The maximum Gasteiger partial charge on any atom is 0.229 e. The molecule has 1 aromatic carbocycles. The van der Waals surface area contributed by atoms with Gasteiger partial charge in [0.1, 0.15) is 5.75 Å². The molecule has 0 saturated carbocycles. The summed E-state index contributed by atoms with van der Waals surface area (Å²) in [5.74, 6) is 0.738. The highest BCUT2D eigenvalue weighted by Gasteiger charge is 2.08. The van der Waals surface area contributed by atoms with E-state index in [1.54, 1.807) is 19.2 Å². The van der Waals surface area contributed by atoms with Crippen molar-refractivity contribution in [1.29, 1.82) is 0 Å². The predicted molar refractivity (Wildman–Crippen MR) is 65.5 cm³/mol. The van der Waals surface area contributed by atoms with Crippen molar-refractivity contribution in [3.8, 4) is 5.75 Å². The van der Waals surface area contributed by atoms with Crippen LogP contribution in [0.4, 0.5) is 5.69 Å². The smallest absolute Gasteiger partial charge is 0.229 e. The minimum Gasteiger partial charge on any atom is -0.497 e. The standard InChI is InChI=1S/C11H17NO3S/c1-4-5-9-8-10(15-2)6-7-11(9)12-16(3,13)14/h6-8,12H,4-5H2,1-3H3. The molecule has 0 unspecified atom stereocenters. The van der Waals surface area contributed by atoms with Crippen molar-refractivity contribution < 1.29 is 13.2 Å². The van der Waals surface area contributed by atoms with Gasteiger partial charge >= 0.3 is 0 Å². The maximum atomic E-state index is 11.2. The molecule has 1 aromatic rings. The first-order chi connectivity index (χ1) is 7.46. The third kappa shape index (κ3) is 3.73. The molecule has 16 heavy (non-hydrogen) atoms. The lowest BCUT2D eigenvalue weighted by Crippen LogP contribution is -2.11. The highest BCUT2D eigenvalue weighted by molar-refractivity contribution is 7.92. The van der Waals surface area contributed by atoms with Crippen LogP contribution >= 0.6 is 0 Å². The zero-order valence-electron chi connectivity index (χ0n) is 9.78. The van der Waals surface area contributed by atoms with Gasteiger partial charge in [0, 0.05) is 0 Å². The van der Waals surface area contributed by atoms with E-state index in [1.165, 1.54) is 0 Å². The van der Waals surface area contributed by atoms with Gasteiger partial charge < -0.3 is 4.74 Å². The van der Waals surface area contributed by atoms with Crippen LogP contribution in [0.25, 0.3) is 0 Å². The predicted octanol–water partition coefficient (Wildman–Crippen LogP) is 2.02. The Morgan fingerprint density at radius 2 is 2.06 bits per heavy atom. The summed E-state index contributed by atoms with van der Waals surface area (Å²) in [6, 6.07) is 5.33. The SMILES string of the molecule is CCCc1cc(OC)ccc1NS(C)(=O)=O. The molecule has 0 saturated heterocycles. The first-order valence-corrected chi connectivity index (χ1v) is 7.00. The summed E-state index contributed by atoms with van der Waals surface area (Å²) >= 11 is 0. The van der Waals surface area contributed by atoms with Gasteiger partial charge in [0.05, 0.1) is 19.1 Å². The topological polar surface area (TPSA) is 55.4 Å². The van der Waals surface area contributed by atoms with Crippen LogP contribution in [0.5, 0.6) is 5.75 Å². The molecule has 0 fully saturated rings. The van der Waals surface area contributed by atoms with Crippen LogP contribution in [-0.2, 0) is 16.4 Å². The molecule has 0 heterocycles. The van der Waals surface area contributed by atoms with Crippen molar-refractivity contribution in [3.05, 3.63) is 23.8 Å². The molecule has 0 aliphatic carbocycles. The van der Waals surface area contributed by atoms with Gasteiger partial charge in [-0.3, -0.25) is 4.72 Å². The van der Waals surface area contributed by atoms with Crippen LogP contribution in [0.3, 0.4) is 0 Å². The molecular formula is C11H17NO3S. The van der Waals surface area contributed by atoms with Crippen LogP contribution < -0.4 is 9.46 Å². The van der Waals surface area contributed by atoms with E-state index >= 15 is 0 Å². The Bertz CT molecular complexity index is 454. The number of nitrogens with one attached hydrogen (secondary N) is 1. The van der Waals surface area contributed by atoms with Gasteiger partial charge in [0.15, 0.2) is 0 Å². The molecule has 5 heteroatoms. The molecule has 0 aliphatic rings. The molecule has 0 atom stereocenters. The number of anilines is 1. The summed E-state index contributed by atoms with van der Waals surface area (Å²) in [5, 5.41) is 0. The normalized spacial score (nSPS) is 11.2. The van der Waals surface area contributed by atoms with E-state index in [2.05, 4.69) is 4.72 Å². The summed E-state index contributed by atoms with van der Waals surface area (Å²) in [4.78, 5) is 0. The number of aryl methyl sites for hydroxylation is 1. The summed E-state index contributed by atoms with van der Waals surface area (Å²) in [7, 11) is -1.64. The summed E-state index contributed by atoms with van der Waals surface area (Å²) in [6.45, 7) is 2.05. The Kier molecular flexibility index (Phi) is 4.18. The summed E-state index contributed by atoms with van der Waals surface area (Å²) in [5.41, 5.74) is 1.58. The van der Waals surface area contributed by atoms with Crippen LogP contribution in [-0.4, -0.2) is 21.8 Å². The molecular weight excluding hydrogens is 226 g/mol. The maximum absolute atomic E-state index is 11.2. The number of rotatable bonds is 5. The monoisotopic (exact) mass is 243 g/mol. The molecule has 0 aliphatic heterocycles. The van der Waals surface area contributed by atoms with E-state index in [9.17, 15) is 8.42 Å². The second-order valence-corrected chi connectivity index (χ2v) is 5.40. The lowest BCUT2D eigenvalue weighted by atomic mass is 10.1. The second kappa shape index (κ2) is 5.21. The van der Waals surface area contributed by atoms with Crippen molar-refractivity contribution in [3.63, 3.8) is 0 Å². The number of benzene rings is 1. The molecule has 0 radical (unpaired) electrons. The number of sulfonamides is 1. The van der Waals surface area contributed by atoms with Crippen LogP contribution in [0.1, 0.15) is 18.9 Å². The highest BCUT2D eigenvalue weighted by atomic mass is 32.2. The zero-order chi connectivity index (χ0) is 12.2. The van der Waals surface area contributed by atoms with Gasteiger partial charge in [-0.2, -0.15) is 0 Å². The molecule has 0 bridgehead atoms. The van der Waals surface area contributed by atoms with Crippen molar-refractivity contribution in [2.45, 2.75) is 19.8 Å². The van der Waals surface area contributed by atoms with Gasteiger partial charge in [-0.15, -0.1) is 0 Å². The first kappa shape index (κ1) is 12.8. The lowest BCUT2D eigenvalue weighted by molar-refractivity contribution is 0.414. The molecule has 4 nitrogen and oxygen atoms in total. The van der Waals surface area contributed by atoms with E-state index in [0.717, 1.165) is 30.4 Å². The van der Waals surface area contributed by atoms with Gasteiger partial charge in [0.25, 0.3) is 0 Å². The fourth-order valence-corrected chi connectivity index (χ4v) is 2.07. The average molecular weight is 243 g/mol. The Morgan fingerprint density at radius 1 is 1.38 bits per heavy atom. The molecule has 0 spiro atoms. The Labute approximate surface area is 96.7 Å². The number of ether oxygens (including phenoxy) is 1. The van der Waals surface area contributed by atoms with E-state index in [-0.39, 0.29) is 0 Å². The van der Waals surface area contributed by atoms with E-state index in [1.807, 2.05) is 13.0 Å². The number of hydrogen-bond acceptors (Lipinski definition) is 3. The number of hydrogen-bond donors (Lipinski definition) is 1. The van der Waals surface area contributed by atoms with Crippen molar-refractivity contribution >= 4 is 15.7 Å². The second-order valence-electron chi connectivity index (χ2n) is 3.65. The summed E-state index contributed by atoms with van der Waals surface area (Å²) < 4.78 is 30.0. The third-order valence-electron chi connectivity index (χ3n) is 2.13. The quantitative estimate of drug-likeness (QED) is 0.860. The largest absolute Gasteiger partial charge is 0.497 e. The fraction of sp³-hybridized carbons (Fsp3) is 0.455. The van der Waals surface area contributed by atoms with E-state index in [4.69, 9.17) is 4.74 Å². The molecule has 90 valence electrons. The molecule has 1 N–H and O–H groups in total. The Balaban J connectivity index is 3.07. The summed E-state index contributed by atoms with van der Waals surface area (Å²) in [6.07, 6.45) is 2.91. The van der Waals surface area contributed by atoms with Gasteiger partial charge in [-0.1, -0.05) is 13.3 Å². The van der Waals surface area contributed by atoms with Crippen LogP contribution in [0.15, 0.2) is 18.2 Å². The third-order valence-corrected chi connectivity index (χ3v) is 2.72. The molecule has 1 rings (SSSR count). The van der Waals surface area contributed by atoms with Crippen molar-refractivity contribution in [1.82, 2.24) is 0 Å². The highest BCUT2D eigenvalue weighted by Crippen LogP contribution is 2.23. The van der Waals surface area contributed by atoms with Gasteiger partial charge in [-0.05, 0) is 30.2 Å². The Morgan fingerprint density at radius 3 is 2.56 bits per heavy atom. The van der Waals surface area contributed by atoms with Gasteiger partial charge in [0.2, 0.25) is 10.0 Å². The minimum atomic E-state index is -3.23. The lowest BCUT2D eigenvalue weighted by Gasteiger charge is -2.11. The van der Waals surface area contributed by atoms with Crippen molar-refractivity contribution in [2.75, 3.05) is 18.1 Å². The van der Waals surface area contributed by atoms with E-state index < -0.39 is 10.0 Å². The first-order valence-electron chi connectivity index (χ1n) is 5.11. The Hall–Kier alpha value is -1.23. The van der Waals surface area contributed by atoms with Crippen LogP contribution in [0.2, 0.25) is 0 Å².